The molecule has 4 rings (SSSR count). The van der Waals surface area contributed by atoms with Crippen LogP contribution < -0.4 is 29.6 Å². The van der Waals surface area contributed by atoms with E-state index in [1.807, 2.05) is 0 Å². The van der Waals surface area contributed by atoms with Crippen LogP contribution in [0.4, 0.5) is 16.2 Å². The summed E-state index contributed by atoms with van der Waals surface area (Å²) >= 11 is 0. The van der Waals surface area contributed by atoms with Crippen molar-refractivity contribution in [3.8, 4) is 34.7 Å². The van der Waals surface area contributed by atoms with Gasteiger partial charge in [0.15, 0.2) is 17.3 Å². The Labute approximate surface area is 195 Å². The van der Waals surface area contributed by atoms with Crippen LogP contribution in [0.15, 0.2) is 67.3 Å². The molecule has 0 saturated carbocycles. The first-order valence-corrected chi connectivity index (χ1v) is 10.1. The van der Waals surface area contributed by atoms with Gasteiger partial charge in [-0.25, -0.2) is 19.4 Å². The first-order valence-electron chi connectivity index (χ1n) is 10.1. The largest absolute Gasteiger partial charge is 0.493 e. The zero-order valence-electron chi connectivity index (χ0n) is 18.7. The van der Waals surface area contributed by atoms with Gasteiger partial charge in [0.25, 0.3) is 0 Å². The van der Waals surface area contributed by atoms with Crippen LogP contribution in [0, 0.1) is 0 Å². The second kappa shape index (κ2) is 10.2. The van der Waals surface area contributed by atoms with Gasteiger partial charge in [0.2, 0.25) is 11.6 Å². The van der Waals surface area contributed by atoms with Crippen molar-refractivity contribution in [2.24, 2.45) is 0 Å². The number of urea groups is 1. The van der Waals surface area contributed by atoms with Crippen LogP contribution in [0.2, 0.25) is 0 Å². The summed E-state index contributed by atoms with van der Waals surface area (Å²) in [5, 5.41) is 9.64. The number of carbonyl (C=O) groups is 1. The zero-order chi connectivity index (χ0) is 23.9. The number of rotatable bonds is 8. The molecule has 0 saturated heterocycles. The third-order valence-electron chi connectivity index (χ3n) is 4.62. The number of ether oxygens (including phenoxy) is 4. The quantitative estimate of drug-likeness (QED) is 0.401. The van der Waals surface area contributed by atoms with Crippen molar-refractivity contribution in [2.75, 3.05) is 32.0 Å². The maximum absolute atomic E-state index is 12.5. The molecule has 0 unspecified atom stereocenters. The van der Waals surface area contributed by atoms with Crippen molar-refractivity contribution in [3.05, 3.63) is 67.3 Å². The Bertz CT molecular complexity index is 1240. The smallest absolute Gasteiger partial charge is 0.323 e. The highest BCUT2D eigenvalue weighted by Crippen LogP contribution is 2.40. The summed E-state index contributed by atoms with van der Waals surface area (Å²) in [6.07, 6.45) is 4.83. The summed E-state index contributed by atoms with van der Waals surface area (Å²) in [5.74, 6) is 2.78. The van der Waals surface area contributed by atoms with Crippen molar-refractivity contribution in [1.82, 2.24) is 19.7 Å². The number of hydrogen-bond acceptors (Lipinski definition) is 8. The third kappa shape index (κ3) is 5.15. The van der Waals surface area contributed by atoms with E-state index in [2.05, 4.69) is 25.7 Å². The van der Waals surface area contributed by atoms with E-state index < -0.39 is 6.03 Å². The molecule has 2 N–H and O–H groups in total. The number of carbonyl (C=O) groups excluding carboxylic acids is 1. The highest BCUT2D eigenvalue weighted by Gasteiger charge is 2.14. The zero-order valence-corrected chi connectivity index (χ0v) is 18.7. The average Bonchev–Trinajstić information content (AvgIpc) is 3.40. The summed E-state index contributed by atoms with van der Waals surface area (Å²) in [4.78, 5) is 20.8. The standard InChI is InChI=1S/C23H22N6O5/c1-31-18-11-16(12-19(32-2)22(18)33-3)28-23(30)27-15-5-7-17(8-6-15)34-21-13-20(24-14-25-21)29-10-4-9-26-29/h4-14H,1-3H3,(H2,27,28,30). The van der Waals surface area contributed by atoms with E-state index in [-0.39, 0.29) is 0 Å². The molecule has 0 spiro atoms. The molecule has 2 aromatic heterocycles. The molecular weight excluding hydrogens is 440 g/mol. The minimum atomic E-state index is -0.442. The Balaban J connectivity index is 1.39. The number of nitrogens with one attached hydrogen (secondary N) is 2. The molecule has 0 aliphatic heterocycles. The molecule has 2 amide bonds. The topological polar surface area (TPSA) is 122 Å². The maximum atomic E-state index is 12.5. The number of hydrogen-bond donors (Lipinski definition) is 2. The lowest BCUT2D eigenvalue weighted by atomic mass is 10.2. The van der Waals surface area contributed by atoms with Crippen molar-refractivity contribution in [1.29, 1.82) is 0 Å². The molecule has 0 aliphatic rings. The van der Waals surface area contributed by atoms with E-state index in [1.54, 1.807) is 65.6 Å². The van der Waals surface area contributed by atoms with Crippen molar-refractivity contribution in [3.63, 3.8) is 0 Å². The first-order chi connectivity index (χ1) is 16.6. The van der Waals surface area contributed by atoms with Gasteiger partial charge in [-0.05, 0) is 30.3 Å². The van der Waals surface area contributed by atoms with Crippen LogP contribution in [0.1, 0.15) is 0 Å². The Morgan fingerprint density at radius 3 is 2.21 bits per heavy atom. The summed E-state index contributed by atoms with van der Waals surface area (Å²) in [6, 6.07) is 13.1. The predicted molar refractivity (Wildman–Crippen MR) is 124 cm³/mol. The molecule has 2 aromatic carbocycles. The van der Waals surface area contributed by atoms with E-state index >= 15 is 0 Å². The second-order valence-electron chi connectivity index (χ2n) is 6.78. The number of anilines is 2. The Kier molecular flexibility index (Phi) is 6.73. The highest BCUT2D eigenvalue weighted by atomic mass is 16.5. The summed E-state index contributed by atoms with van der Waals surface area (Å²) in [6.45, 7) is 0. The maximum Gasteiger partial charge on any atom is 0.323 e. The van der Waals surface area contributed by atoms with E-state index in [4.69, 9.17) is 18.9 Å². The number of amides is 2. The normalized spacial score (nSPS) is 10.3. The molecule has 0 atom stereocenters. The third-order valence-corrected chi connectivity index (χ3v) is 4.62. The summed E-state index contributed by atoms with van der Waals surface area (Å²) in [7, 11) is 4.52. The number of methoxy groups -OCH3 is 3. The fraction of sp³-hybridized carbons (Fsp3) is 0.130. The van der Waals surface area contributed by atoms with Crippen LogP contribution >= 0.6 is 0 Å². The van der Waals surface area contributed by atoms with Gasteiger partial charge < -0.3 is 29.6 Å². The summed E-state index contributed by atoms with van der Waals surface area (Å²) < 4.78 is 23.3. The number of benzene rings is 2. The van der Waals surface area contributed by atoms with Crippen molar-refractivity contribution in [2.45, 2.75) is 0 Å². The van der Waals surface area contributed by atoms with E-state index in [0.29, 0.717) is 46.1 Å². The van der Waals surface area contributed by atoms with Gasteiger partial charge in [0.05, 0.1) is 27.0 Å². The molecule has 11 nitrogen and oxygen atoms in total. The molecule has 11 heteroatoms. The Morgan fingerprint density at radius 2 is 1.59 bits per heavy atom. The van der Waals surface area contributed by atoms with Crippen molar-refractivity contribution >= 4 is 17.4 Å². The molecule has 174 valence electrons. The van der Waals surface area contributed by atoms with Gasteiger partial charge in [-0.1, -0.05) is 0 Å². The van der Waals surface area contributed by atoms with E-state index in [1.165, 1.54) is 27.7 Å². The second-order valence-corrected chi connectivity index (χ2v) is 6.78. The number of aromatic nitrogens is 4. The van der Waals surface area contributed by atoms with Crippen LogP contribution in [-0.4, -0.2) is 47.1 Å². The van der Waals surface area contributed by atoms with E-state index in [9.17, 15) is 4.79 Å². The van der Waals surface area contributed by atoms with Crippen molar-refractivity contribution < 1.29 is 23.7 Å². The lowest BCUT2D eigenvalue weighted by molar-refractivity contribution is 0.262. The van der Waals surface area contributed by atoms with Crippen LogP contribution in [0.25, 0.3) is 5.82 Å². The first kappa shape index (κ1) is 22.4. The molecule has 0 aliphatic carbocycles. The van der Waals surface area contributed by atoms with Crippen LogP contribution in [-0.2, 0) is 0 Å². The fourth-order valence-corrected chi connectivity index (χ4v) is 3.09. The monoisotopic (exact) mass is 462 g/mol. The Hall–Kier alpha value is -4.80. The molecule has 2 heterocycles. The minimum Gasteiger partial charge on any atom is -0.493 e. The highest BCUT2D eigenvalue weighted by molar-refractivity contribution is 6.00. The van der Waals surface area contributed by atoms with Gasteiger partial charge >= 0.3 is 6.03 Å². The molecule has 0 bridgehead atoms. The molecule has 0 radical (unpaired) electrons. The van der Waals surface area contributed by atoms with Gasteiger partial charge in [-0.3, -0.25) is 0 Å². The molecule has 4 aromatic rings. The SMILES string of the molecule is COc1cc(NC(=O)Nc2ccc(Oc3cc(-n4cccn4)ncn3)cc2)cc(OC)c1OC. The molecular formula is C23H22N6O5. The minimum absolute atomic E-state index is 0.362. The predicted octanol–water partition coefficient (Wildman–Crippen LogP) is 4.12. The van der Waals surface area contributed by atoms with Crippen LogP contribution in [0.5, 0.6) is 28.9 Å². The van der Waals surface area contributed by atoms with Gasteiger partial charge in [-0.15, -0.1) is 0 Å². The summed E-state index contributed by atoms with van der Waals surface area (Å²) in [5.41, 5.74) is 1.04. The average molecular weight is 462 g/mol. The lowest BCUT2D eigenvalue weighted by Crippen LogP contribution is -2.19. The van der Waals surface area contributed by atoms with Gasteiger partial charge in [-0.2, -0.15) is 5.10 Å². The lowest BCUT2D eigenvalue weighted by Gasteiger charge is -2.15. The van der Waals surface area contributed by atoms with Crippen LogP contribution in [0.3, 0.4) is 0 Å². The molecule has 0 fully saturated rings. The van der Waals surface area contributed by atoms with E-state index in [0.717, 1.165) is 0 Å². The molecule has 34 heavy (non-hydrogen) atoms. The number of nitrogens with zero attached hydrogens (tertiary/aromatic N) is 4. The van der Waals surface area contributed by atoms with Gasteiger partial charge in [0, 0.05) is 36.3 Å². The fourth-order valence-electron chi connectivity index (χ4n) is 3.09. The Morgan fingerprint density at radius 1 is 0.882 bits per heavy atom. The van der Waals surface area contributed by atoms with Gasteiger partial charge in [0.1, 0.15) is 12.1 Å².